The topological polar surface area (TPSA) is 94.0 Å². The number of carbonyl (C=O) groups excluding carboxylic acids is 2. The van der Waals surface area contributed by atoms with Crippen LogP contribution in [-0.2, 0) is 16.1 Å². The van der Waals surface area contributed by atoms with Crippen LogP contribution in [0.5, 0.6) is 5.75 Å². The molecule has 3 aromatic rings. The molecule has 1 atom stereocenters. The van der Waals surface area contributed by atoms with Gasteiger partial charge in [0.1, 0.15) is 5.75 Å². The summed E-state index contributed by atoms with van der Waals surface area (Å²) in [6.07, 6.45) is -0.847. The Labute approximate surface area is 202 Å². The molecule has 0 aliphatic carbocycles. The molecule has 0 N–H and O–H groups in total. The lowest BCUT2D eigenvalue weighted by Crippen LogP contribution is -2.54. The van der Waals surface area contributed by atoms with E-state index in [1.165, 1.54) is 4.68 Å². The second-order valence-corrected chi connectivity index (χ2v) is 9.20. The molecule has 1 saturated heterocycles. The first-order chi connectivity index (χ1) is 16.9. The average Bonchev–Trinajstić information content (AvgIpc) is 2.89. The van der Waals surface area contributed by atoms with Crippen LogP contribution in [0.15, 0.2) is 53.3 Å². The van der Waals surface area contributed by atoms with Crippen molar-refractivity contribution in [2.75, 3.05) is 37.7 Å². The molecule has 9 nitrogen and oxygen atoms in total. The highest BCUT2D eigenvalue weighted by Crippen LogP contribution is 2.35. The van der Waals surface area contributed by atoms with Gasteiger partial charge in [-0.1, -0.05) is 44.2 Å². The first-order valence-corrected chi connectivity index (χ1v) is 11.9. The monoisotopic (exact) mass is 476 g/mol. The van der Waals surface area contributed by atoms with Gasteiger partial charge in [0.15, 0.2) is 11.8 Å². The van der Waals surface area contributed by atoms with Crippen molar-refractivity contribution in [1.29, 1.82) is 0 Å². The van der Waals surface area contributed by atoms with E-state index in [4.69, 9.17) is 9.47 Å². The summed E-state index contributed by atoms with van der Waals surface area (Å²) in [5.41, 5.74) is 0.514. The van der Waals surface area contributed by atoms with Crippen molar-refractivity contribution in [2.45, 2.75) is 26.5 Å². The molecule has 2 aliphatic heterocycles. The van der Waals surface area contributed by atoms with Crippen molar-refractivity contribution >= 4 is 28.3 Å². The largest absolute Gasteiger partial charge is 0.476 e. The Bertz CT molecular complexity index is 1330. The number of amides is 2. The third-order valence-electron chi connectivity index (χ3n) is 6.23. The van der Waals surface area contributed by atoms with Crippen LogP contribution in [0.3, 0.4) is 0 Å². The van der Waals surface area contributed by atoms with E-state index in [-0.39, 0.29) is 35.5 Å². The normalized spacial score (nSPS) is 17.9. The first-order valence-electron chi connectivity index (χ1n) is 11.9. The van der Waals surface area contributed by atoms with Crippen LogP contribution in [-0.4, -0.2) is 65.4 Å². The fourth-order valence-electron chi connectivity index (χ4n) is 4.53. The van der Waals surface area contributed by atoms with E-state index in [1.54, 1.807) is 52.3 Å². The maximum absolute atomic E-state index is 14.0. The van der Waals surface area contributed by atoms with Gasteiger partial charge in [-0.3, -0.25) is 19.3 Å². The van der Waals surface area contributed by atoms with E-state index in [1.807, 2.05) is 19.9 Å². The van der Waals surface area contributed by atoms with E-state index in [9.17, 15) is 14.4 Å². The van der Waals surface area contributed by atoms with E-state index in [2.05, 4.69) is 5.10 Å². The van der Waals surface area contributed by atoms with Crippen LogP contribution in [0, 0.1) is 5.92 Å². The molecule has 2 amide bonds. The second kappa shape index (κ2) is 9.50. The summed E-state index contributed by atoms with van der Waals surface area (Å²) in [6, 6.07) is 14.2. The minimum absolute atomic E-state index is 0.0470. The maximum atomic E-state index is 14.0. The number of benzene rings is 2. The number of rotatable bonds is 4. The summed E-state index contributed by atoms with van der Waals surface area (Å²) in [4.78, 5) is 43.5. The Hall–Kier alpha value is -3.72. The highest BCUT2D eigenvalue weighted by molar-refractivity contribution is 6.13. The molecule has 2 aliphatic rings. The van der Waals surface area contributed by atoms with Crippen LogP contribution in [0.25, 0.3) is 10.8 Å². The van der Waals surface area contributed by atoms with Crippen LogP contribution in [0.1, 0.15) is 24.3 Å². The molecule has 9 heteroatoms. The number of nitrogens with zero attached hydrogens (tertiary/aromatic N) is 4. The zero-order valence-corrected chi connectivity index (χ0v) is 19.8. The van der Waals surface area contributed by atoms with Crippen molar-refractivity contribution in [3.63, 3.8) is 0 Å². The molecule has 3 heterocycles. The molecule has 0 radical (unpaired) electrons. The number of hydrogen-bond donors (Lipinski definition) is 0. The van der Waals surface area contributed by atoms with Crippen molar-refractivity contribution in [2.24, 2.45) is 5.92 Å². The van der Waals surface area contributed by atoms with Crippen LogP contribution in [0.2, 0.25) is 0 Å². The zero-order chi connectivity index (χ0) is 24.5. The van der Waals surface area contributed by atoms with Gasteiger partial charge >= 0.3 is 0 Å². The van der Waals surface area contributed by atoms with Gasteiger partial charge in [-0.2, -0.15) is 5.10 Å². The molecule has 0 spiro atoms. The molecular weight excluding hydrogens is 448 g/mol. The predicted molar refractivity (Wildman–Crippen MR) is 131 cm³/mol. The number of para-hydroxylation sites is 2. The quantitative estimate of drug-likeness (QED) is 0.574. The lowest BCUT2D eigenvalue weighted by atomic mass is 10.1. The standard InChI is InChI=1S/C26H28N4O5/c1-17(2)15-30-24(31)19-8-4-3-7-18(19)23(27-30)26(33)29-16-22(25(32)28-11-13-34-14-12-28)35-21-10-6-5-9-20(21)29/h3-10,17,22H,11-16H2,1-2H3/t22-/m1/s1. The fraction of sp³-hybridized carbons (Fsp3) is 0.385. The molecule has 182 valence electrons. The van der Waals surface area contributed by atoms with E-state index in [0.717, 1.165) is 0 Å². The van der Waals surface area contributed by atoms with Crippen molar-refractivity contribution < 1.29 is 19.1 Å². The van der Waals surface area contributed by atoms with Gasteiger partial charge in [0.2, 0.25) is 0 Å². The highest BCUT2D eigenvalue weighted by Gasteiger charge is 2.37. The Balaban J connectivity index is 1.57. The molecule has 35 heavy (non-hydrogen) atoms. The molecule has 0 unspecified atom stereocenters. The Morgan fingerprint density at radius 2 is 1.71 bits per heavy atom. The van der Waals surface area contributed by atoms with Gasteiger partial charge in [0.05, 0.1) is 30.8 Å². The number of aromatic nitrogens is 2. The molecule has 0 bridgehead atoms. The number of hydrogen-bond acceptors (Lipinski definition) is 6. The second-order valence-electron chi connectivity index (χ2n) is 9.20. The van der Waals surface area contributed by atoms with Crippen LogP contribution >= 0.6 is 0 Å². The number of ether oxygens (including phenoxy) is 2. The Morgan fingerprint density at radius 1 is 1.03 bits per heavy atom. The van der Waals surface area contributed by atoms with Gasteiger partial charge in [-0.25, -0.2) is 4.68 Å². The van der Waals surface area contributed by atoms with Crippen LogP contribution in [0.4, 0.5) is 5.69 Å². The van der Waals surface area contributed by atoms with Crippen molar-refractivity contribution in [1.82, 2.24) is 14.7 Å². The van der Waals surface area contributed by atoms with Gasteiger partial charge in [0, 0.05) is 25.0 Å². The third kappa shape index (κ3) is 4.39. The van der Waals surface area contributed by atoms with E-state index in [0.29, 0.717) is 55.1 Å². The van der Waals surface area contributed by atoms with Crippen molar-refractivity contribution in [3.8, 4) is 5.75 Å². The molecular formula is C26H28N4O5. The Morgan fingerprint density at radius 3 is 2.46 bits per heavy atom. The number of fused-ring (bicyclic) bond motifs is 2. The molecule has 1 aromatic heterocycles. The lowest BCUT2D eigenvalue weighted by molar-refractivity contribution is -0.142. The van der Waals surface area contributed by atoms with E-state index >= 15 is 0 Å². The van der Waals surface area contributed by atoms with Crippen molar-refractivity contribution in [3.05, 3.63) is 64.6 Å². The average molecular weight is 477 g/mol. The smallest absolute Gasteiger partial charge is 0.279 e. The molecule has 1 fully saturated rings. The molecule has 0 saturated carbocycles. The number of carbonyl (C=O) groups is 2. The third-order valence-corrected chi connectivity index (χ3v) is 6.23. The van der Waals surface area contributed by atoms with Gasteiger partial charge in [-0.05, 0) is 24.1 Å². The summed E-state index contributed by atoms with van der Waals surface area (Å²) in [5.74, 6) is 0.0694. The predicted octanol–water partition coefficient (Wildman–Crippen LogP) is 2.32. The Kier molecular flexibility index (Phi) is 6.25. The summed E-state index contributed by atoms with van der Waals surface area (Å²) >= 11 is 0. The minimum atomic E-state index is -0.847. The lowest BCUT2D eigenvalue weighted by Gasteiger charge is -2.37. The van der Waals surface area contributed by atoms with Crippen LogP contribution < -0.4 is 15.2 Å². The minimum Gasteiger partial charge on any atom is -0.476 e. The van der Waals surface area contributed by atoms with E-state index < -0.39 is 6.10 Å². The van der Waals surface area contributed by atoms with Gasteiger partial charge < -0.3 is 14.4 Å². The summed E-state index contributed by atoms with van der Waals surface area (Å²) in [7, 11) is 0. The molecule has 2 aromatic carbocycles. The molecule has 5 rings (SSSR count). The summed E-state index contributed by atoms with van der Waals surface area (Å²) in [5, 5.41) is 5.44. The zero-order valence-electron chi connectivity index (χ0n) is 19.8. The fourth-order valence-corrected chi connectivity index (χ4v) is 4.53. The maximum Gasteiger partial charge on any atom is 0.279 e. The SMILES string of the molecule is CC(C)Cn1nc(C(=O)N2C[C@H](C(=O)N3CCOCC3)Oc3ccccc32)c2ccccc2c1=O. The summed E-state index contributed by atoms with van der Waals surface area (Å²) in [6.45, 7) is 6.35. The van der Waals surface area contributed by atoms with Gasteiger partial charge in [-0.15, -0.1) is 0 Å². The number of morpholine rings is 1. The summed E-state index contributed by atoms with van der Waals surface area (Å²) < 4.78 is 12.8. The first kappa shape index (κ1) is 23.0. The highest BCUT2D eigenvalue weighted by atomic mass is 16.5. The van der Waals surface area contributed by atoms with Gasteiger partial charge in [0.25, 0.3) is 17.4 Å². The number of anilines is 1.